The Hall–Kier alpha value is -2.41. The molecular formula is C18H21N5OS. The number of carbonyl (C=O) groups is 1. The van der Waals surface area contributed by atoms with E-state index >= 15 is 0 Å². The van der Waals surface area contributed by atoms with Gasteiger partial charge in [0, 0.05) is 19.8 Å². The fraction of sp³-hybridized carbons (Fsp3) is 0.333. The Labute approximate surface area is 151 Å². The summed E-state index contributed by atoms with van der Waals surface area (Å²) in [5.74, 6) is -0.293. The lowest BCUT2D eigenvalue weighted by molar-refractivity contribution is -0.114. The summed E-state index contributed by atoms with van der Waals surface area (Å²) in [7, 11) is 3.95. The van der Waals surface area contributed by atoms with Crippen molar-refractivity contribution in [3.05, 3.63) is 35.4 Å². The maximum absolute atomic E-state index is 12.4. The second-order valence-corrected chi connectivity index (χ2v) is 7.14. The Kier molecular flexibility index (Phi) is 5.03. The SMILES string of the molecule is CCCCC1=NN2C(=N)C(=Cc3ccc(N(C)C)cc3)C(=O)N=C2S1. The Morgan fingerprint density at radius 2 is 2.00 bits per heavy atom. The predicted octanol–water partition coefficient (Wildman–Crippen LogP) is 3.56. The molecule has 2 heterocycles. The molecule has 0 saturated carbocycles. The molecule has 0 fully saturated rings. The molecule has 0 aromatic heterocycles. The fourth-order valence-corrected chi connectivity index (χ4v) is 3.42. The van der Waals surface area contributed by atoms with Crippen molar-refractivity contribution in [2.24, 2.45) is 10.1 Å². The zero-order chi connectivity index (χ0) is 18.0. The van der Waals surface area contributed by atoms with Gasteiger partial charge in [-0.05, 0) is 48.4 Å². The molecule has 0 bridgehead atoms. The number of hydrogen-bond donors (Lipinski definition) is 1. The third-order valence-corrected chi connectivity index (χ3v) is 4.93. The van der Waals surface area contributed by atoms with Crippen LogP contribution in [0.15, 0.2) is 39.9 Å². The van der Waals surface area contributed by atoms with Crippen molar-refractivity contribution in [1.29, 1.82) is 5.41 Å². The number of rotatable bonds is 5. The van der Waals surface area contributed by atoms with Gasteiger partial charge in [0.1, 0.15) is 5.04 Å². The van der Waals surface area contributed by atoms with Crippen molar-refractivity contribution in [2.75, 3.05) is 19.0 Å². The molecule has 0 aliphatic carbocycles. The molecular weight excluding hydrogens is 334 g/mol. The average molecular weight is 355 g/mol. The molecule has 1 N–H and O–H groups in total. The largest absolute Gasteiger partial charge is 0.378 e. The highest BCUT2D eigenvalue weighted by Gasteiger charge is 2.35. The van der Waals surface area contributed by atoms with E-state index in [9.17, 15) is 4.79 Å². The molecule has 2 aliphatic rings. The molecule has 6 nitrogen and oxygen atoms in total. The summed E-state index contributed by atoms with van der Waals surface area (Å²) in [6.07, 6.45) is 4.67. The zero-order valence-electron chi connectivity index (χ0n) is 14.6. The highest BCUT2D eigenvalue weighted by atomic mass is 32.2. The number of nitrogens with zero attached hydrogens (tertiary/aromatic N) is 4. The number of benzene rings is 1. The molecule has 7 heteroatoms. The fourth-order valence-electron chi connectivity index (χ4n) is 2.50. The Balaban J connectivity index is 1.85. The first kappa shape index (κ1) is 17.4. The number of hydrazone groups is 1. The van der Waals surface area contributed by atoms with Crippen LogP contribution in [0.3, 0.4) is 0 Å². The molecule has 0 saturated heterocycles. The smallest absolute Gasteiger partial charge is 0.283 e. The predicted molar refractivity (Wildman–Crippen MR) is 105 cm³/mol. The Morgan fingerprint density at radius 3 is 2.64 bits per heavy atom. The number of amides is 1. The number of anilines is 1. The molecule has 3 rings (SSSR count). The van der Waals surface area contributed by atoms with E-state index < -0.39 is 0 Å². The van der Waals surface area contributed by atoms with Gasteiger partial charge in [-0.25, -0.2) is 0 Å². The van der Waals surface area contributed by atoms with Gasteiger partial charge in [0.25, 0.3) is 5.91 Å². The molecule has 130 valence electrons. The molecule has 0 spiro atoms. The van der Waals surface area contributed by atoms with Crippen molar-refractivity contribution in [1.82, 2.24) is 5.01 Å². The Bertz CT molecular complexity index is 792. The topological polar surface area (TPSA) is 72.1 Å². The number of thioether (sulfide) groups is 1. The van der Waals surface area contributed by atoms with Crippen LogP contribution in [0, 0.1) is 5.41 Å². The van der Waals surface area contributed by atoms with Gasteiger partial charge in [-0.15, -0.1) is 0 Å². The number of aliphatic imine (C=N–C) groups is 1. The molecule has 25 heavy (non-hydrogen) atoms. The van der Waals surface area contributed by atoms with Crippen molar-refractivity contribution >= 4 is 45.5 Å². The van der Waals surface area contributed by atoms with E-state index in [1.54, 1.807) is 6.08 Å². The Morgan fingerprint density at radius 1 is 1.28 bits per heavy atom. The molecule has 1 amide bonds. The summed E-state index contributed by atoms with van der Waals surface area (Å²) in [4.78, 5) is 18.5. The van der Waals surface area contributed by atoms with Gasteiger partial charge in [-0.3, -0.25) is 10.2 Å². The van der Waals surface area contributed by atoms with E-state index in [-0.39, 0.29) is 17.3 Å². The van der Waals surface area contributed by atoms with Crippen LogP contribution in [0.2, 0.25) is 0 Å². The van der Waals surface area contributed by atoms with Gasteiger partial charge >= 0.3 is 0 Å². The highest BCUT2D eigenvalue weighted by molar-refractivity contribution is 8.26. The van der Waals surface area contributed by atoms with Gasteiger partial charge in [0.15, 0.2) is 5.84 Å². The second-order valence-electron chi connectivity index (χ2n) is 6.10. The third kappa shape index (κ3) is 3.66. The second kappa shape index (κ2) is 7.23. The van der Waals surface area contributed by atoms with Crippen LogP contribution < -0.4 is 4.90 Å². The van der Waals surface area contributed by atoms with Gasteiger partial charge in [-0.1, -0.05) is 25.5 Å². The molecule has 0 unspecified atom stereocenters. The first-order chi connectivity index (χ1) is 12.0. The summed E-state index contributed by atoms with van der Waals surface area (Å²) in [5.41, 5.74) is 2.20. The first-order valence-corrected chi connectivity index (χ1v) is 9.07. The van der Waals surface area contributed by atoms with E-state index in [2.05, 4.69) is 17.0 Å². The summed E-state index contributed by atoms with van der Waals surface area (Å²) in [5, 5.41) is 15.7. The van der Waals surface area contributed by atoms with Crippen LogP contribution in [-0.4, -0.2) is 41.1 Å². The van der Waals surface area contributed by atoms with Gasteiger partial charge in [0.05, 0.1) is 5.57 Å². The van der Waals surface area contributed by atoms with Crippen LogP contribution in [0.1, 0.15) is 31.7 Å². The number of amidine groups is 2. The van der Waals surface area contributed by atoms with Crippen LogP contribution >= 0.6 is 11.8 Å². The maximum Gasteiger partial charge on any atom is 0.283 e. The summed E-state index contributed by atoms with van der Waals surface area (Å²) in [6.45, 7) is 2.12. The standard InChI is InChI=1S/C18H21N5OS/c1-4-5-6-15-21-23-16(19)14(17(24)20-18(23)25-15)11-12-7-9-13(10-8-12)22(2)3/h7-11,19H,4-6H2,1-3H3. The lowest BCUT2D eigenvalue weighted by Gasteiger charge is -2.20. The van der Waals surface area contributed by atoms with Crippen LogP contribution in [0.5, 0.6) is 0 Å². The minimum atomic E-state index is -0.382. The van der Waals surface area contributed by atoms with Gasteiger partial charge in [-0.2, -0.15) is 15.1 Å². The lowest BCUT2D eigenvalue weighted by Crippen LogP contribution is -2.35. The average Bonchev–Trinajstić information content (AvgIpc) is 3.00. The van der Waals surface area contributed by atoms with E-state index in [0.717, 1.165) is 35.6 Å². The third-order valence-electron chi connectivity index (χ3n) is 3.96. The van der Waals surface area contributed by atoms with Crippen molar-refractivity contribution in [3.63, 3.8) is 0 Å². The number of carbonyl (C=O) groups excluding carboxylic acids is 1. The van der Waals surface area contributed by atoms with E-state index in [1.807, 2.05) is 43.3 Å². The summed E-state index contributed by atoms with van der Waals surface area (Å²) in [6, 6.07) is 7.81. The maximum atomic E-state index is 12.4. The van der Waals surface area contributed by atoms with Crippen LogP contribution in [0.25, 0.3) is 6.08 Å². The number of hydrogen-bond acceptors (Lipinski definition) is 5. The molecule has 0 radical (unpaired) electrons. The summed E-state index contributed by atoms with van der Waals surface area (Å²) < 4.78 is 0. The number of fused-ring (bicyclic) bond motifs is 1. The minimum Gasteiger partial charge on any atom is -0.378 e. The van der Waals surface area contributed by atoms with Crippen molar-refractivity contribution in [3.8, 4) is 0 Å². The van der Waals surface area contributed by atoms with E-state index in [0.29, 0.717) is 5.17 Å². The van der Waals surface area contributed by atoms with Crippen LogP contribution in [-0.2, 0) is 4.79 Å². The number of nitrogens with one attached hydrogen (secondary N) is 1. The first-order valence-electron chi connectivity index (χ1n) is 8.26. The normalized spacial score (nSPS) is 18.4. The monoisotopic (exact) mass is 355 g/mol. The highest BCUT2D eigenvalue weighted by Crippen LogP contribution is 2.30. The van der Waals surface area contributed by atoms with E-state index in [1.165, 1.54) is 16.8 Å². The summed E-state index contributed by atoms with van der Waals surface area (Å²) >= 11 is 1.39. The van der Waals surface area contributed by atoms with Gasteiger partial charge in [0.2, 0.25) is 5.17 Å². The lowest BCUT2D eigenvalue weighted by atomic mass is 10.1. The molecule has 2 aliphatic heterocycles. The quantitative estimate of drug-likeness (QED) is 0.820. The van der Waals surface area contributed by atoms with E-state index in [4.69, 9.17) is 5.41 Å². The van der Waals surface area contributed by atoms with Crippen LogP contribution in [0.4, 0.5) is 5.69 Å². The molecule has 1 aromatic rings. The minimum absolute atomic E-state index is 0.0886. The van der Waals surface area contributed by atoms with Crippen molar-refractivity contribution < 1.29 is 4.79 Å². The zero-order valence-corrected chi connectivity index (χ0v) is 15.4. The molecule has 1 aromatic carbocycles. The van der Waals surface area contributed by atoms with Gasteiger partial charge < -0.3 is 4.90 Å². The van der Waals surface area contributed by atoms with Crippen molar-refractivity contribution in [2.45, 2.75) is 26.2 Å². The number of unbranched alkanes of at least 4 members (excludes halogenated alkanes) is 1. The molecule has 0 atom stereocenters.